The molecule has 0 saturated heterocycles. The maximum atomic E-state index is 9.82. The summed E-state index contributed by atoms with van der Waals surface area (Å²) in [5.74, 6) is 0. The average Bonchev–Trinajstić information content (AvgIpc) is 2.05. The van der Waals surface area contributed by atoms with Gasteiger partial charge in [-0.05, 0) is 31.0 Å². The Morgan fingerprint density at radius 1 is 1.67 bits per heavy atom. The van der Waals surface area contributed by atoms with Crippen LogP contribution in [0.2, 0.25) is 0 Å². The molecule has 1 unspecified atom stereocenters. The molecule has 66 valence electrons. The van der Waals surface area contributed by atoms with Crippen molar-refractivity contribution >= 4 is 0 Å². The van der Waals surface area contributed by atoms with Crippen molar-refractivity contribution in [3.8, 4) is 0 Å². The molecule has 1 heterocycles. The number of hydrogen-bond acceptors (Lipinski definition) is 3. The maximum absolute atomic E-state index is 9.82. The predicted molar refractivity (Wildman–Crippen MR) is 47.6 cm³/mol. The van der Waals surface area contributed by atoms with E-state index in [9.17, 15) is 5.11 Å². The second-order valence-electron chi connectivity index (χ2n) is 3.17. The lowest BCUT2D eigenvalue weighted by molar-refractivity contribution is 0.0661. The molecule has 0 radical (unpaired) electrons. The van der Waals surface area contributed by atoms with E-state index in [1.54, 1.807) is 25.4 Å². The first-order chi connectivity index (χ1) is 5.58. The summed E-state index contributed by atoms with van der Waals surface area (Å²) < 4.78 is 0. The highest BCUT2D eigenvalue weighted by Crippen LogP contribution is 2.21. The SMILES string of the molecule is Cc1cnccc1C(C)(O)CN. The molecule has 1 aromatic heterocycles. The van der Waals surface area contributed by atoms with Crippen molar-refractivity contribution in [3.63, 3.8) is 0 Å². The van der Waals surface area contributed by atoms with Crippen LogP contribution >= 0.6 is 0 Å². The van der Waals surface area contributed by atoms with Crippen LogP contribution in [0.25, 0.3) is 0 Å². The Morgan fingerprint density at radius 3 is 2.83 bits per heavy atom. The largest absolute Gasteiger partial charge is 0.384 e. The van der Waals surface area contributed by atoms with Gasteiger partial charge >= 0.3 is 0 Å². The molecule has 0 spiro atoms. The van der Waals surface area contributed by atoms with E-state index in [1.807, 2.05) is 6.92 Å². The van der Waals surface area contributed by atoms with Gasteiger partial charge in [0.1, 0.15) is 0 Å². The Kier molecular flexibility index (Phi) is 2.45. The van der Waals surface area contributed by atoms with Crippen LogP contribution in [-0.2, 0) is 5.60 Å². The number of hydrogen-bond donors (Lipinski definition) is 2. The van der Waals surface area contributed by atoms with Gasteiger partial charge in [-0.15, -0.1) is 0 Å². The Balaban J connectivity index is 3.10. The van der Waals surface area contributed by atoms with E-state index in [2.05, 4.69) is 4.98 Å². The van der Waals surface area contributed by atoms with Gasteiger partial charge in [-0.3, -0.25) is 4.98 Å². The van der Waals surface area contributed by atoms with Crippen molar-refractivity contribution in [2.24, 2.45) is 5.73 Å². The zero-order valence-electron chi connectivity index (χ0n) is 7.41. The third kappa shape index (κ3) is 1.62. The van der Waals surface area contributed by atoms with E-state index in [0.717, 1.165) is 11.1 Å². The van der Waals surface area contributed by atoms with Gasteiger partial charge in [0.15, 0.2) is 0 Å². The minimum absolute atomic E-state index is 0.220. The summed E-state index contributed by atoms with van der Waals surface area (Å²) in [6.07, 6.45) is 3.38. The van der Waals surface area contributed by atoms with Crippen LogP contribution in [0, 0.1) is 6.92 Å². The number of aromatic nitrogens is 1. The molecule has 1 atom stereocenters. The summed E-state index contributed by atoms with van der Waals surface area (Å²) in [5, 5.41) is 9.82. The fourth-order valence-electron chi connectivity index (χ4n) is 1.19. The van der Waals surface area contributed by atoms with E-state index in [-0.39, 0.29) is 6.54 Å². The molecule has 3 N–H and O–H groups in total. The van der Waals surface area contributed by atoms with Crippen molar-refractivity contribution in [1.82, 2.24) is 4.98 Å². The normalized spacial score (nSPS) is 15.7. The molecule has 3 heteroatoms. The van der Waals surface area contributed by atoms with Crippen LogP contribution in [0.15, 0.2) is 18.5 Å². The lowest BCUT2D eigenvalue weighted by Crippen LogP contribution is -2.32. The van der Waals surface area contributed by atoms with Crippen LogP contribution in [-0.4, -0.2) is 16.6 Å². The minimum atomic E-state index is -0.937. The van der Waals surface area contributed by atoms with E-state index in [0.29, 0.717) is 0 Å². The van der Waals surface area contributed by atoms with Crippen LogP contribution in [0.4, 0.5) is 0 Å². The standard InChI is InChI=1S/C9H14N2O/c1-7-5-11-4-3-8(7)9(2,12)6-10/h3-5,12H,6,10H2,1-2H3. The van der Waals surface area contributed by atoms with E-state index >= 15 is 0 Å². The highest BCUT2D eigenvalue weighted by atomic mass is 16.3. The van der Waals surface area contributed by atoms with Crippen molar-refractivity contribution < 1.29 is 5.11 Å². The number of nitrogens with zero attached hydrogens (tertiary/aromatic N) is 1. The summed E-state index contributed by atoms with van der Waals surface area (Å²) in [5.41, 5.74) is 6.31. The molecule has 12 heavy (non-hydrogen) atoms. The fourth-order valence-corrected chi connectivity index (χ4v) is 1.19. The zero-order valence-corrected chi connectivity index (χ0v) is 7.41. The highest BCUT2D eigenvalue weighted by Gasteiger charge is 2.22. The molecule has 0 amide bonds. The van der Waals surface area contributed by atoms with Crippen molar-refractivity contribution in [3.05, 3.63) is 29.6 Å². The molecular formula is C9H14N2O. The number of nitrogens with two attached hydrogens (primary N) is 1. The summed E-state index contributed by atoms with van der Waals surface area (Å²) >= 11 is 0. The topological polar surface area (TPSA) is 59.1 Å². The minimum Gasteiger partial charge on any atom is -0.384 e. The molecule has 0 aliphatic rings. The van der Waals surface area contributed by atoms with Gasteiger partial charge in [0.05, 0.1) is 5.60 Å². The molecule has 0 aromatic carbocycles. The summed E-state index contributed by atoms with van der Waals surface area (Å²) in [6, 6.07) is 1.79. The molecular weight excluding hydrogens is 152 g/mol. The van der Waals surface area contributed by atoms with Gasteiger partial charge in [0, 0.05) is 18.9 Å². The highest BCUT2D eigenvalue weighted by molar-refractivity contribution is 5.27. The van der Waals surface area contributed by atoms with Gasteiger partial charge in [0.25, 0.3) is 0 Å². The molecule has 0 saturated carbocycles. The maximum Gasteiger partial charge on any atom is 0.0993 e. The summed E-state index contributed by atoms with van der Waals surface area (Å²) in [7, 11) is 0. The van der Waals surface area contributed by atoms with Crippen molar-refractivity contribution in [1.29, 1.82) is 0 Å². The number of aryl methyl sites for hydroxylation is 1. The summed E-state index contributed by atoms with van der Waals surface area (Å²) in [4.78, 5) is 3.94. The Labute approximate surface area is 72.2 Å². The zero-order chi connectivity index (χ0) is 9.19. The third-order valence-corrected chi connectivity index (χ3v) is 2.00. The van der Waals surface area contributed by atoms with Gasteiger partial charge in [-0.25, -0.2) is 0 Å². The van der Waals surface area contributed by atoms with Gasteiger partial charge < -0.3 is 10.8 Å². The lowest BCUT2D eigenvalue weighted by Gasteiger charge is -2.23. The van der Waals surface area contributed by atoms with Gasteiger partial charge in [-0.1, -0.05) is 0 Å². The van der Waals surface area contributed by atoms with Crippen LogP contribution in [0.1, 0.15) is 18.1 Å². The van der Waals surface area contributed by atoms with Crippen molar-refractivity contribution in [2.75, 3.05) is 6.54 Å². The Hall–Kier alpha value is -0.930. The van der Waals surface area contributed by atoms with Crippen LogP contribution in [0.5, 0.6) is 0 Å². The van der Waals surface area contributed by atoms with E-state index in [1.165, 1.54) is 0 Å². The van der Waals surface area contributed by atoms with E-state index in [4.69, 9.17) is 5.73 Å². The average molecular weight is 166 g/mol. The van der Waals surface area contributed by atoms with Gasteiger partial charge in [0.2, 0.25) is 0 Å². The molecule has 0 bridgehead atoms. The molecule has 0 fully saturated rings. The fraction of sp³-hybridized carbons (Fsp3) is 0.444. The van der Waals surface area contributed by atoms with Gasteiger partial charge in [-0.2, -0.15) is 0 Å². The molecule has 3 nitrogen and oxygen atoms in total. The molecule has 0 aliphatic carbocycles. The second kappa shape index (κ2) is 3.21. The first kappa shape index (κ1) is 9.16. The molecule has 1 aromatic rings. The number of rotatable bonds is 2. The number of aliphatic hydroxyl groups is 1. The van der Waals surface area contributed by atoms with Crippen LogP contribution < -0.4 is 5.73 Å². The summed E-state index contributed by atoms with van der Waals surface area (Å²) in [6.45, 7) is 3.83. The molecule has 0 aliphatic heterocycles. The number of pyridine rings is 1. The first-order valence-corrected chi connectivity index (χ1v) is 3.91. The molecule has 1 rings (SSSR count). The Bertz CT molecular complexity index is 271. The Morgan fingerprint density at radius 2 is 2.33 bits per heavy atom. The van der Waals surface area contributed by atoms with Crippen LogP contribution in [0.3, 0.4) is 0 Å². The quantitative estimate of drug-likeness (QED) is 0.674. The monoisotopic (exact) mass is 166 g/mol. The smallest absolute Gasteiger partial charge is 0.0993 e. The predicted octanol–water partition coefficient (Wildman–Crippen LogP) is 0.556. The van der Waals surface area contributed by atoms with E-state index < -0.39 is 5.60 Å². The first-order valence-electron chi connectivity index (χ1n) is 3.91. The van der Waals surface area contributed by atoms with Crippen molar-refractivity contribution in [2.45, 2.75) is 19.4 Å². The lowest BCUT2D eigenvalue weighted by atomic mass is 9.94. The third-order valence-electron chi connectivity index (χ3n) is 2.00. The second-order valence-corrected chi connectivity index (χ2v) is 3.17.